The summed E-state index contributed by atoms with van der Waals surface area (Å²) < 4.78 is 38.3. The summed E-state index contributed by atoms with van der Waals surface area (Å²) in [4.78, 5) is 11.3. The lowest BCUT2D eigenvalue weighted by Crippen LogP contribution is -2.32. The van der Waals surface area contributed by atoms with E-state index in [4.69, 9.17) is 16.7 Å². The second-order valence-corrected chi connectivity index (χ2v) is 5.21. The second kappa shape index (κ2) is 6.54. The van der Waals surface area contributed by atoms with Gasteiger partial charge in [-0.15, -0.1) is 11.8 Å². The van der Waals surface area contributed by atoms with E-state index < -0.39 is 23.0 Å². The summed E-state index contributed by atoms with van der Waals surface area (Å²) in [6, 6.07) is 4.37. The fraction of sp³-hybridized carbons (Fsp3) is 0.308. The van der Waals surface area contributed by atoms with Gasteiger partial charge in [-0.25, -0.2) is 4.79 Å². The van der Waals surface area contributed by atoms with Gasteiger partial charge in [0.15, 0.2) is 0 Å². The molecule has 1 heterocycles. The van der Waals surface area contributed by atoms with Crippen molar-refractivity contribution >= 4 is 35.4 Å². The highest BCUT2D eigenvalue weighted by Crippen LogP contribution is 2.45. The van der Waals surface area contributed by atoms with E-state index >= 15 is 0 Å². The van der Waals surface area contributed by atoms with Gasteiger partial charge in [0.25, 0.3) is 0 Å². The number of fused-ring (bicyclic) bond motifs is 1. The Morgan fingerprint density at radius 1 is 1.35 bits per heavy atom. The molecule has 2 rings (SSSR count). The maximum atomic E-state index is 12.8. The van der Waals surface area contributed by atoms with E-state index in [-0.39, 0.29) is 0 Å². The van der Waals surface area contributed by atoms with Gasteiger partial charge in [-0.05, 0) is 29.8 Å². The number of carboxylic acids is 1. The van der Waals surface area contributed by atoms with Crippen molar-refractivity contribution < 1.29 is 23.1 Å². The molecule has 1 aliphatic rings. The number of rotatable bonds is 1. The van der Waals surface area contributed by atoms with E-state index in [9.17, 15) is 18.0 Å². The number of hydrogen-bond acceptors (Lipinski definition) is 2. The van der Waals surface area contributed by atoms with Gasteiger partial charge in [-0.1, -0.05) is 25.4 Å². The predicted molar refractivity (Wildman–Crippen MR) is 74.1 cm³/mol. The monoisotopic (exact) mass is 324 g/mol. The molecule has 0 saturated carbocycles. The Balaban J connectivity index is 0.000000956. The van der Waals surface area contributed by atoms with Crippen molar-refractivity contribution in [3.8, 4) is 0 Å². The maximum absolute atomic E-state index is 12.8. The Morgan fingerprint density at radius 2 is 1.95 bits per heavy atom. The highest BCUT2D eigenvalue weighted by molar-refractivity contribution is 8.00. The minimum Gasteiger partial charge on any atom is -0.478 e. The summed E-state index contributed by atoms with van der Waals surface area (Å²) >= 11 is 6.20. The number of carboxylic acid groups (broad SMARTS) is 1. The first-order valence-electron chi connectivity index (χ1n) is 5.77. The molecule has 0 radical (unpaired) electrons. The van der Waals surface area contributed by atoms with E-state index in [0.29, 0.717) is 27.2 Å². The molecule has 0 aliphatic carbocycles. The van der Waals surface area contributed by atoms with E-state index in [0.717, 1.165) is 6.08 Å². The number of thioether (sulfide) groups is 1. The number of aliphatic carboxylic acids is 1. The zero-order valence-corrected chi connectivity index (χ0v) is 12.2. The third-order valence-corrected chi connectivity index (χ3v) is 3.97. The first-order valence-corrected chi connectivity index (χ1v) is 7.02. The maximum Gasteiger partial charge on any atom is 0.405 e. The van der Waals surface area contributed by atoms with Crippen molar-refractivity contribution in [3.63, 3.8) is 0 Å². The highest BCUT2D eigenvalue weighted by Gasteiger charge is 2.46. The third kappa shape index (κ3) is 3.70. The lowest BCUT2D eigenvalue weighted by Gasteiger charge is -2.25. The van der Waals surface area contributed by atoms with Crippen LogP contribution >= 0.6 is 23.4 Å². The van der Waals surface area contributed by atoms with Crippen LogP contribution in [0.1, 0.15) is 19.4 Å². The molecule has 1 aliphatic heterocycles. The van der Waals surface area contributed by atoms with Gasteiger partial charge >= 0.3 is 12.1 Å². The van der Waals surface area contributed by atoms with Gasteiger partial charge < -0.3 is 5.11 Å². The van der Waals surface area contributed by atoms with Crippen LogP contribution in [-0.2, 0) is 4.79 Å². The topological polar surface area (TPSA) is 37.3 Å². The molecule has 1 aromatic rings. The SMILES string of the molecule is CC.O=C(O)C1=Cc2cc(Cl)ccc2SC1C(F)(F)F. The Kier molecular flexibility index (Phi) is 5.53. The van der Waals surface area contributed by atoms with Gasteiger partial charge in [-0.3, -0.25) is 0 Å². The van der Waals surface area contributed by atoms with E-state index in [1.165, 1.54) is 18.2 Å². The Morgan fingerprint density at radius 3 is 2.45 bits per heavy atom. The number of hydrogen-bond donors (Lipinski definition) is 1. The Bertz CT molecular complexity index is 541. The Labute approximate surface area is 123 Å². The first-order chi connectivity index (χ1) is 9.29. The fourth-order valence-electron chi connectivity index (χ4n) is 1.59. The molecule has 2 nitrogen and oxygen atoms in total. The van der Waals surface area contributed by atoms with Gasteiger partial charge in [0.05, 0.1) is 5.57 Å². The molecule has 110 valence electrons. The van der Waals surface area contributed by atoms with E-state index in [1.54, 1.807) is 0 Å². The largest absolute Gasteiger partial charge is 0.478 e. The molecule has 1 N–H and O–H groups in total. The first kappa shape index (κ1) is 16.9. The summed E-state index contributed by atoms with van der Waals surface area (Å²) in [5.41, 5.74) is -0.285. The molecule has 0 fully saturated rings. The van der Waals surface area contributed by atoms with Gasteiger partial charge in [-0.2, -0.15) is 13.2 Å². The van der Waals surface area contributed by atoms with E-state index in [1.807, 2.05) is 13.8 Å². The molecule has 0 amide bonds. The summed E-state index contributed by atoms with van der Waals surface area (Å²) in [7, 11) is 0. The average Bonchev–Trinajstić information content (AvgIpc) is 2.38. The molecule has 1 aromatic carbocycles. The molecule has 0 saturated heterocycles. The number of benzene rings is 1. The summed E-state index contributed by atoms with van der Waals surface area (Å²) in [5, 5.41) is 7.15. The van der Waals surface area contributed by atoms with Crippen molar-refractivity contribution in [1.82, 2.24) is 0 Å². The third-order valence-electron chi connectivity index (χ3n) is 2.35. The van der Waals surface area contributed by atoms with Gasteiger partial charge in [0.1, 0.15) is 5.25 Å². The summed E-state index contributed by atoms with van der Waals surface area (Å²) in [5.74, 6) is -1.57. The average molecular weight is 325 g/mol. The second-order valence-electron chi connectivity index (χ2n) is 3.63. The zero-order valence-electron chi connectivity index (χ0n) is 10.7. The zero-order chi connectivity index (χ0) is 15.5. The molecule has 0 bridgehead atoms. The quantitative estimate of drug-likeness (QED) is 0.800. The summed E-state index contributed by atoms with van der Waals surface area (Å²) in [6.07, 6.45) is -3.58. The molecule has 7 heteroatoms. The van der Waals surface area contributed by atoms with Crippen LogP contribution < -0.4 is 0 Å². The molecular weight excluding hydrogens is 313 g/mol. The van der Waals surface area contributed by atoms with Crippen LogP contribution in [0.4, 0.5) is 13.2 Å². The lowest BCUT2D eigenvalue weighted by atomic mass is 10.1. The van der Waals surface area contributed by atoms with Crippen LogP contribution in [0, 0.1) is 0 Å². The van der Waals surface area contributed by atoms with Crippen LogP contribution in [0.15, 0.2) is 28.7 Å². The van der Waals surface area contributed by atoms with E-state index in [2.05, 4.69) is 0 Å². The van der Waals surface area contributed by atoms with Crippen LogP contribution in [0.5, 0.6) is 0 Å². The van der Waals surface area contributed by atoms with Crippen LogP contribution in [0.3, 0.4) is 0 Å². The Hall–Kier alpha value is -1.14. The molecule has 1 atom stereocenters. The van der Waals surface area contributed by atoms with Crippen molar-refractivity contribution in [2.24, 2.45) is 0 Å². The molecular formula is C13H12ClF3O2S. The smallest absolute Gasteiger partial charge is 0.405 e. The molecule has 0 aromatic heterocycles. The van der Waals surface area contributed by atoms with Crippen molar-refractivity contribution in [3.05, 3.63) is 34.4 Å². The minimum atomic E-state index is -4.60. The normalized spacial score (nSPS) is 17.5. The predicted octanol–water partition coefficient (Wildman–Crippen LogP) is 4.87. The van der Waals surface area contributed by atoms with Crippen molar-refractivity contribution in [2.75, 3.05) is 0 Å². The fourth-order valence-corrected chi connectivity index (χ4v) is 2.85. The number of halogens is 4. The minimum absolute atomic E-state index is 0.348. The highest BCUT2D eigenvalue weighted by atomic mass is 35.5. The van der Waals surface area contributed by atoms with Gasteiger partial charge in [0, 0.05) is 9.92 Å². The van der Waals surface area contributed by atoms with Crippen LogP contribution in [0.25, 0.3) is 6.08 Å². The van der Waals surface area contributed by atoms with Crippen molar-refractivity contribution in [2.45, 2.75) is 30.2 Å². The molecule has 1 unspecified atom stereocenters. The standard InChI is InChI=1S/C11H6ClF3O2S.C2H6/c12-6-1-2-8-5(3-6)4-7(10(16)17)9(18-8)11(13,14)15;1-2/h1-4,9H,(H,16,17);1-2H3. The number of alkyl halides is 3. The molecule has 20 heavy (non-hydrogen) atoms. The summed E-state index contributed by atoms with van der Waals surface area (Å²) in [6.45, 7) is 4.00. The van der Waals surface area contributed by atoms with Gasteiger partial charge in [0.2, 0.25) is 0 Å². The van der Waals surface area contributed by atoms with Crippen molar-refractivity contribution in [1.29, 1.82) is 0 Å². The lowest BCUT2D eigenvalue weighted by molar-refractivity contribution is -0.140. The molecule has 0 spiro atoms. The van der Waals surface area contributed by atoms with Crippen LogP contribution in [0.2, 0.25) is 5.02 Å². The van der Waals surface area contributed by atoms with Crippen LogP contribution in [-0.4, -0.2) is 22.5 Å². The number of carbonyl (C=O) groups is 1.